The zero-order chi connectivity index (χ0) is 21.0. The Labute approximate surface area is 174 Å². The van der Waals surface area contributed by atoms with Crippen molar-refractivity contribution in [2.45, 2.75) is 44.9 Å². The van der Waals surface area contributed by atoms with E-state index in [4.69, 9.17) is 0 Å². The van der Waals surface area contributed by atoms with E-state index in [2.05, 4.69) is 45.2 Å². The lowest BCUT2D eigenvalue weighted by atomic mass is 9.88. The van der Waals surface area contributed by atoms with Crippen LogP contribution in [0.25, 0.3) is 21.8 Å². The predicted molar refractivity (Wildman–Crippen MR) is 117 cm³/mol. The number of alkyl halides is 1. The molecular formula is C24H25FN4O. The topological polar surface area (TPSA) is 64.8 Å². The summed E-state index contributed by atoms with van der Waals surface area (Å²) in [6.45, 7) is 5.71. The van der Waals surface area contributed by atoms with Crippen molar-refractivity contribution in [3.8, 4) is 0 Å². The second-order valence-corrected chi connectivity index (χ2v) is 8.94. The normalized spacial score (nSPS) is 20.0. The van der Waals surface area contributed by atoms with Gasteiger partial charge in [0.05, 0.1) is 17.3 Å². The third kappa shape index (κ3) is 3.03. The molecule has 154 valence electrons. The van der Waals surface area contributed by atoms with Gasteiger partial charge in [0.15, 0.2) is 0 Å². The van der Waals surface area contributed by atoms with Gasteiger partial charge in [-0.1, -0.05) is 30.3 Å². The van der Waals surface area contributed by atoms with Gasteiger partial charge in [0.25, 0.3) is 0 Å². The number of aromatic amines is 2. The van der Waals surface area contributed by atoms with Crippen molar-refractivity contribution in [3.63, 3.8) is 0 Å². The van der Waals surface area contributed by atoms with E-state index in [1.165, 1.54) is 10.9 Å². The molecule has 6 heteroatoms. The van der Waals surface area contributed by atoms with Gasteiger partial charge in [-0.25, -0.2) is 4.39 Å². The highest BCUT2D eigenvalue weighted by atomic mass is 19.1. The van der Waals surface area contributed by atoms with Crippen LogP contribution in [0, 0.1) is 0 Å². The van der Waals surface area contributed by atoms with Crippen LogP contribution < -0.4 is 0 Å². The zero-order valence-corrected chi connectivity index (χ0v) is 17.4. The van der Waals surface area contributed by atoms with Crippen molar-refractivity contribution in [2.24, 2.45) is 0 Å². The van der Waals surface area contributed by atoms with Crippen LogP contribution >= 0.6 is 0 Å². The maximum absolute atomic E-state index is 14.8. The van der Waals surface area contributed by atoms with Gasteiger partial charge in [-0.2, -0.15) is 5.10 Å². The number of hydrogen-bond donors (Lipinski definition) is 2. The zero-order valence-electron chi connectivity index (χ0n) is 17.4. The van der Waals surface area contributed by atoms with Crippen molar-refractivity contribution in [1.29, 1.82) is 0 Å². The number of para-hydroxylation sites is 1. The van der Waals surface area contributed by atoms with Crippen LogP contribution in [0.15, 0.2) is 42.5 Å². The SMILES string of the molecule is C[C@@H]1Cc2c([nH]c3ccccc23)[C@@H](c2[nH]nc3cc(C=O)ccc23)N1CC(C)(C)F. The summed E-state index contributed by atoms with van der Waals surface area (Å²) in [5, 5.41) is 9.84. The molecule has 4 aromatic rings. The van der Waals surface area contributed by atoms with E-state index in [1.54, 1.807) is 26.0 Å². The number of halogens is 1. The first-order valence-corrected chi connectivity index (χ1v) is 10.3. The molecule has 3 heterocycles. The Morgan fingerprint density at radius 1 is 1.20 bits per heavy atom. The van der Waals surface area contributed by atoms with Crippen LogP contribution in [0.4, 0.5) is 4.39 Å². The van der Waals surface area contributed by atoms with Gasteiger partial charge in [0.1, 0.15) is 12.0 Å². The molecule has 2 aromatic carbocycles. The standard InChI is InChI=1S/C24H25FN4O/c1-14-10-18-16-6-4-5-7-19(16)26-21(18)23(29(14)13-24(2,3)25)22-17-9-8-15(12-30)11-20(17)27-28-22/h4-9,11-12,14,23,26H,10,13H2,1-3H3,(H,27,28)/t14-,23+/m1/s1. The number of hydrogen-bond acceptors (Lipinski definition) is 3. The van der Waals surface area contributed by atoms with E-state index in [0.29, 0.717) is 12.1 Å². The number of carbonyl (C=O) groups is 1. The van der Waals surface area contributed by atoms with Gasteiger partial charge in [0, 0.05) is 40.1 Å². The molecule has 0 radical (unpaired) electrons. The van der Waals surface area contributed by atoms with Crippen LogP contribution in [-0.2, 0) is 6.42 Å². The lowest BCUT2D eigenvalue weighted by Crippen LogP contribution is -2.47. The molecule has 1 aliphatic heterocycles. The van der Waals surface area contributed by atoms with Gasteiger partial charge in [-0.15, -0.1) is 0 Å². The van der Waals surface area contributed by atoms with Gasteiger partial charge >= 0.3 is 0 Å². The third-order valence-electron chi connectivity index (χ3n) is 6.09. The average molecular weight is 404 g/mol. The molecule has 0 unspecified atom stereocenters. The summed E-state index contributed by atoms with van der Waals surface area (Å²) in [5.41, 5.74) is 4.37. The summed E-state index contributed by atoms with van der Waals surface area (Å²) in [7, 11) is 0. The smallest absolute Gasteiger partial charge is 0.150 e. The van der Waals surface area contributed by atoms with Crippen LogP contribution in [0.3, 0.4) is 0 Å². The highest BCUT2D eigenvalue weighted by Gasteiger charge is 2.39. The van der Waals surface area contributed by atoms with Gasteiger partial charge in [-0.05, 0) is 44.9 Å². The Balaban J connectivity index is 1.74. The van der Waals surface area contributed by atoms with E-state index in [1.807, 2.05) is 12.1 Å². The van der Waals surface area contributed by atoms with Crippen molar-refractivity contribution in [3.05, 3.63) is 65.0 Å². The molecule has 0 bridgehead atoms. The molecule has 0 saturated carbocycles. The fraction of sp³-hybridized carbons (Fsp3) is 0.333. The number of H-pyrrole nitrogens is 2. The van der Waals surface area contributed by atoms with Crippen LogP contribution in [0.5, 0.6) is 0 Å². The maximum Gasteiger partial charge on any atom is 0.150 e. The first-order chi connectivity index (χ1) is 14.4. The monoisotopic (exact) mass is 404 g/mol. The largest absolute Gasteiger partial charge is 0.357 e. The van der Waals surface area contributed by atoms with Gasteiger partial charge in [-0.3, -0.25) is 14.8 Å². The highest BCUT2D eigenvalue weighted by molar-refractivity contribution is 5.89. The number of nitrogens with one attached hydrogen (secondary N) is 2. The molecule has 0 spiro atoms. The first kappa shape index (κ1) is 19.0. The molecule has 30 heavy (non-hydrogen) atoms. The van der Waals surface area contributed by atoms with Crippen molar-refractivity contribution >= 4 is 28.1 Å². The van der Waals surface area contributed by atoms with E-state index in [9.17, 15) is 9.18 Å². The lowest BCUT2D eigenvalue weighted by Gasteiger charge is -2.42. The van der Waals surface area contributed by atoms with E-state index >= 15 is 0 Å². The molecule has 2 atom stereocenters. The molecule has 0 aliphatic carbocycles. The second kappa shape index (κ2) is 6.77. The molecule has 5 rings (SSSR count). The minimum absolute atomic E-state index is 0.157. The summed E-state index contributed by atoms with van der Waals surface area (Å²) in [4.78, 5) is 17.0. The Morgan fingerprint density at radius 2 is 2.00 bits per heavy atom. The minimum atomic E-state index is -1.34. The van der Waals surface area contributed by atoms with Gasteiger partial charge in [0.2, 0.25) is 0 Å². The first-order valence-electron chi connectivity index (χ1n) is 10.3. The van der Waals surface area contributed by atoms with Gasteiger partial charge < -0.3 is 4.98 Å². The average Bonchev–Trinajstić information content (AvgIpc) is 3.28. The van der Waals surface area contributed by atoms with Crippen LogP contribution in [-0.4, -0.2) is 44.6 Å². The van der Waals surface area contributed by atoms with E-state index in [-0.39, 0.29) is 12.1 Å². The minimum Gasteiger partial charge on any atom is -0.357 e. The summed E-state index contributed by atoms with van der Waals surface area (Å²) in [6.07, 6.45) is 1.68. The number of aromatic nitrogens is 3. The Hall–Kier alpha value is -2.99. The molecule has 1 aliphatic rings. The fourth-order valence-electron chi connectivity index (χ4n) is 4.83. The second-order valence-electron chi connectivity index (χ2n) is 8.94. The quantitative estimate of drug-likeness (QED) is 0.474. The van der Waals surface area contributed by atoms with E-state index in [0.717, 1.165) is 40.5 Å². The highest BCUT2D eigenvalue weighted by Crippen LogP contribution is 2.42. The van der Waals surface area contributed by atoms with Crippen molar-refractivity contribution in [2.75, 3.05) is 6.54 Å². The number of rotatable bonds is 4. The Morgan fingerprint density at radius 3 is 2.77 bits per heavy atom. The predicted octanol–water partition coefficient (Wildman–Crippen LogP) is 4.94. The third-order valence-corrected chi connectivity index (χ3v) is 6.09. The molecule has 0 amide bonds. The summed E-state index contributed by atoms with van der Waals surface area (Å²) in [6, 6.07) is 13.8. The Kier molecular flexibility index (Phi) is 4.29. The maximum atomic E-state index is 14.8. The molecular weight excluding hydrogens is 379 g/mol. The number of nitrogens with zero attached hydrogens (tertiary/aromatic N) is 2. The number of fused-ring (bicyclic) bond motifs is 4. The molecule has 2 aromatic heterocycles. The van der Waals surface area contributed by atoms with Crippen molar-refractivity contribution in [1.82, 2.24) is 20.1 Å². The Bertz CT molecular complexity index is 1250. The van der Waals surface area contributed by atoms with E-state index < -0.39 is 5.67 Å². The number of carbonyl (C=O) groups excluding carboxylic acids is 1. The lowest BCUT2D eigenvalue weighted by molar-refractivity contribution is 0.0658. The summed E-state index contributed by atoms with van der Waals surface area (Å²) >= 11 is 0. The van der Waals surface area contributed by atoms with Crippen molar-refractivity contribution < 1.29 is 9.18 Å². The molecule has 5 nitrogen and oxygen atoms in total. The fourth-order valence-corrected chi connectivity index (χ4v) is 4.83. The van der Waals surface area contributed by atoms with Crippen LogP contribution in [0.2, 0.25) is 0 Å². The molecule has 0 fully saturated rings. The van der Waals surface area contributed by atoms with Crippen LogP contribution in [0.1, 0.15) is 54.1 Å². The summed E-state index contributed by atoms with van der Waals surface area (Å²) in [5.74, 6) is 0. The summed E-state index contributed by atoms with van der Waals surface area (Å²) < 4.78 is 14.8. The molecule has 2 N–H and O–H groups in total. The number of aldehydes is 1. The number of benzene rings is 2. The molecule has 0 saturated heterocycles.